The van der Waals surface area contributed by atoms with E-state index in [0.717, 1.165) is 0 Å². The molecule has 25 atom stereocenters. The zero-order chi connectivity index (χ0) is 41.3. The molecule has 5 saturated heterocycles. The van der Waals surface area contributed by atoms with Gasteiger partial charge in [0.05, 0.1) is 33.0 Å². The van der Waals surface area contributed by atoms with Gasteiger partial charge in [-0.1, -0.05) is 0 Å². The fourth-order valence-electron chi connectivity index (χ4n) is 6.87. The maximum atomic E-state index is 11.3. The number of aliphatic hydroxyl groups excluding tert-OH is 17. The van der Waals surface area contributed by atoms with Crippen molar-refractivity contribution in [2.75, 3.05) is 33.0 Å². The van der Waals surface area contributed by atoms with Gasteiger partial charge in [-0.15, -0.1) is 0 Å². The van der Waals surface area contributed by atoms with Crippen LogP contribution in [0.4, 0.5) is 0 Å². The standard InChI is InChI=1S/C30H52O26/c31-1-6-11(35)16(40)20(44)27(50-6)55-24-18(42)13(37)8(3-33)52-29(24)48-5-10-15(39)23(22(46)26(47)49-10)54-30-25(19(43)14(38)9(4-34)53-30)56-28-21(45)17(41)12(36)7(2-32)51-28/h6-47H,1-5H2/t6-,7-,8-,9-,10-,11-,12-,13-,14-,15-,16+,17+,18+,19+,20+,21+,22+,23+,24+,25+,26+,27-,28-,29+,30-/m1/s1. The van der Waals surface area contributed by atoms with Gasteiger partial charge in [0.15, 0.2) is 31.5 Å². The first-order valence-electron chi connectivity index (χ1n) is 17.6. The summed E-state index contributed by atoms with van der Waals surface area (Å²) in [7, 11) is 0. The summed E-state index contributed by atoms with van der Waals surface area (Å²) >= 11 is 0. The molecule has 0 aliphatic carbocycles. The van der Waals surface area contributed by atoms with Crippen LogP contribution in [0.25, 0.3) is 0 Å². The highest BCUT2D eigenvalue weighted by Crippen LogP contribution is 2.34. The maximum Gasteiger partial charge on any atom is 0.187 e. The van der Waals surface area contributed by atoms with Gasteiger partial charge in [0.2, 0.25) is 0 Å². The molecule has 0 saturated carbocycles. The van der Waals surface area contributed by atoms with Gasteiger partial charge in [0.1, 0.15) is 122 Å². The number of aliphatic hydroxyl groups is 17. The first-order chi connectivity index (χ1) is 26.5. The van der Waals surface area contributed by atoms with E-state index in [9.17, 15) is 86.8 Å². The van der Waals surface area contributed by atoms with E-state index in [1.165, 1.54) is 0 Å². The fraction of sp³-hybridized carbons (Fsp3) is 1.00. The zero-order valence-electron chi connectivity index (χ0n) is 29.2. The predicted molar refractivity (Wildman–Crippen MR) is 167 cm³/mol. The molecule has 0 aromatic carbocycles. The van der Waals surface area contributed by atoms with Crippen LogP contribution in [0.2, 0.25) is 0 Å². The van der Waals surface area contributed by atoms with E-state index in [1.807, 2.05) is 0 Å². The lowest BCUT2D eigenvalue weighted by Gasteiger charge is -2.48. The van der Waals surface area contributed by atoms with E-state index < -0.39 is 187 Å². The molecule has 0 amide bonds. The van der Waals surface area contributed by atoms with Gasteiger partial charge in [0, 0.05) is 0 Å². The molecule has 328 valence electrons. The number of hydrogen-bond donors (Lipinski definition) is 17. The van der Waals surface area contributed by atoms with Crippen molar-refractivity contribution in [1.29, 1.82) is 0 Å². The molecule has 5 rings (SSSR count). The molecule has 26 heteroatoms. The lowest BCUT2D eigenvalue weighted by Crippen LogP contribution is -2.67. The predicted octanol–water partition coefficient (Wildman–Crippen LogP) is -11.9. The topological polar surface area (TPSA) is 427 Å². The van der Waals surface area contributed by atoms with Crippen molar-refractivity contribution in [3.8, 4) is 0 Å². The van der Waals surface area contributed by atoms with Gasteiger partial charge in [-0.3, -0.25) is 0 Å². The Bertz CT molecular complexity index is 1200. The molecule has 5 aliphatic heterocycles. The quantitative estimate of drug-likeness (QED) is 0.0819. The summed E-state index contributed by atoms with van der Waals surface area (Å²) in [6, 6.07) is 0. The summed E-state index contributed by atoms with van der Waals surface area (Å²) in [5.41, 5.74) is 0. The Labute approximate surface area is 316 Å². The normalized spacial score (nSPS) is 53.2. The minimum absolute atomic E-state index is 0.843. The minimum atomic E-state index is -2.17. The second-order valence-electron chi connectivity index (χ2n) is 14.0. The average Bonchev–Trinajstić information content (AvgIpc) is 3.18. The van der Waals surface area contributed by atoms with Crippen molar-refractivity contribution in [3.63, 3.8) is 0 Å². The van der Waals surface area contributed by atoms with E-state index in [-0.39, 0.29) is 0 Å². The molecule has 0 spiro atoms. The smallest absolute Gasteiger partial charge is 0.187 e. The SMILES string of the molecule is OC[C@H]1O[C@H](O[C@@H]2[C@@H](OC[C@H]3O[C@H](O)[C@@H](O)[C@@H](O[C@H]4O[C@H](CO)[C@@H](O)[C@H](O)[C@@H]4O[C@H]4O[C@H](CO)[C@@H](O)[C@H](O)[C@@H]4O)[C@@H]3O)O[C@H](CO)[C@@H](O)[C@@H]2O)[C@@H](O)[C@@H](O)[C@@H]1O. The molecule has 56 heavy (non-hydrogen) atoms. The molecular formula is C30H52O26. The molecule has 5 aliphatic rings. The molecule has 5 fully saturated rings. The molecule has 0 bridgehead atoms. The number of rotatable bonds is 13. The van der Waals surface area contributed by atoms with Gasteiger partial charge in [0.25, 0.3) is 0 Å². The van der Waals surface area contributed by atoms with Crippen LogP contribution in [0.3, 0.4) is 0 Å². The van der Waals surface area contributed by atoms with Gasteiger partial charge >= 0.3 is 0 Å². The Morgan fingerprint density at radius 1 is 0.304 bits per heavy atom. The second-order valence-corrected chi connectivity index (χ2v) is 14.0. The Balaban J connectivity index is 1.32. The van der Waals surface area contributed by atoms with Crippen LogP contribution < -0.4 is 0 Å². The lowest BCUT2D eigenvalue weighted by molar-refractivity contribution is -0.391. The Hall–Kier alpha value is -1.04. The van der Waals surface area contributed by atoms with E-state index in [4.69, 9.17) is 42.6 Å². The highest BCUT2D eigenvalue weighted by molar-refractivity contribution is 4.98. The zero-order valence-corrected chi connectivity index (χ0v) is 29.2. The second kappa shape index (κ2) is 19.6. The van der Waals surface area contributed by atoms with Crippen molar-refractivity contribution < 1.29 is 129 Å². The Kier molecular flexibility index (Phi) is 16.1. The maximum absolute atomic E-state index is 11.3. The Morgan fingerprint density at radius 3 is 1.09 bits per heavy atom. The van der Waals surface area contributed by atoms with E-state index >= 15 is 0 Å². The van der Waals surface area contributed by atoms with Crippen molar-refractivity contribution in [2.45, 2.75) is 154 Å². The molecule has 0 unspecified atom stereocenters. The summed E-state index contributed by atoms with van der Waals surface area (Å²) in [5.74, 6) is 0. The van der Waals surface area contributed by atoms with Crippen LogP contribution in [-0.4, -0.2) is 273 Å². The number of ether oxygens (including phenoxy) is 9. The molecule has 5 heterocycles. The molecule has 0 aromatic rings. The van der Waals surface area contributed by atoms with Gasteiger partial charge in [-0.25, -0.2) is 0 Å². The van der Waals surface area contributed by atoms with Crippen LogP contribution >= 0.6 is 0 Å². The first-order valence-corrected chi connectivity index (χ1v) is 17.6. The summed E-state index contributed by atoms with van der Waals surface area (Å²) in [5, 5.41) is 176. The van der Waals surface area contributed by atoms with Crippen LogP contribution in [0.5, 0.6) is 0 Å². The third-order valence-electron chi connectivity index (χ3n) is 10.3. The van der Waals surface area contributed by atoms with Gasteiger partial charge in [-0.2, -0.15) is 0 Å². The molecular weight excluding hydrogens is 776 g/mol. The van der Waals surface area contributed by atoms with Crippen molar-refractivity contribution in [1.82, 2.24) is 0 Å². The fourth-order valence-corrected chi connectivity index (χ4v) is 6.87. The van der Waals surface area contributed by atoms with Crippen LogP contribution in [0.15, 0.2) is 0 Å². The molecule has 0 radical (unpaired) electrons. The lowest BCUT2D eigenvalue weighted by atomic mass is 9.96. The highest BCUT2D eigenvalue weighted by Gasteiger charge is 2.55. The van der Waals surface area contributed by atoms with Crippen LogP contribution in [-0.2, 0) is 42.6 Å². The number of hydrogen-bond acceptors (Lipinski definition) is 26. The molecule has 26 nitrogen and oxygen atoms in total. The highest BCUT2D eigenvalue weighted by atomic mass is 16.8. The summed E-state index contributed by atoms with van der Waals surface area (Å²) in [6.45, 7) is -4.35. The van der Waals surface area contributed by atoms with Gasteiger partial charge in [-0.05, 0) is 0 Å². The van der Waals surface area contributed by atoms with E-state index in [2.05, 4.69) is 0 Å². The van der Waals surface area contributed by atoms with Crippen molar-refractivity contribution in [3.05, 3.63) is 0 Å². The Morgan fingerprint density at radius 2 is 0.661 bits per heavy atom. The minimum Gasteiger partial charge on any atom is -0.394 e. The van der Waals surface area contributed by atoms with Gasteiger partial charge < -0.3 is 129 Å². The summed E-state index contributed by atoms with van der Waals surface area (Å²) in [4.78, 5) is 0. The van der Waals surface area contributed by atoms with E-state index in [1.54, 1.807) is 0 Å². The average molecular weight is 829 g/mol. The van der Waals surface area contributed by atoms with E-state index in [0.29, 0.717) is 0 Å². The van der Waals surface area contributed by atoms with Crippen LogP contribution in [0, 0.1) is 0 Å². The first kappa shape index (κ1) is 46.0. The summed E-state index contributed by atoms with van der Waals surface area (Å²) < 4.78 is 49.5. The van der Waals surface area contributed by atoms with Crippen molar-refractivity contribution >= 4 is 0 Å². The monoisotopic (exact) mass is 828 g/mol. The third kappa shape index (κ3) is 9.31. The van der Waals surface area contributed by atoms with Crippen molar-refractivity contribution in [2.24, 2.45) is 0 Å². The molecule has 17 N–H and O–H groups in total. The molecule has 0 aromatic heterocycles. The largest absolute Gasteiger partial charge is 0.394 e. The summed E-state index contributed by atoms with van der Waals surface area (Å²) in [6.07, 6.45) is -46.6. The van der Waals surface area contributed by atoms with Crippen LogP contribution in [0.1, 0.15) is 0 Å². The third-order valence-corrected chi connectivity index (χ3v) is 10.3.